The van der Waals surface area contributed by atoms with Crippen molar-refractivity contribution in [2.24, 2.45) is 0 Å². The summed E-state index contributed by atoms with van der Waals surface area (Å²) in [6.07, 6.45) is 0. The van der Waals surface area contributed by atoms with Crippen molar-refractivity contribution < 1.29 is 0 Å². The van der Waals surface area contributed by atoms with Crippen LogP contribution in [0, 0.1) is 0 Å². The summed E-state index contributed by atoms with van der Waals surface area (Å²) in [5.74, 6) is 0.969. The van der Waals surface area contributed by atoms with Crippen molar-refractivity contribution in [1.29, 1.82) is 0 Å². The maximum atomic E-state index is 2.41. The van der Waals surface area contributed by atoms with Crippen LogP contribution in [0.1, 0.15) is 50.7 Å². The minimum Gasteiger partial charge on any atom is -0.344 e. The molecule has 0 unspecified atom stereocenters. The summed E-state index contributed by atoms with van der Waals surface area (Å²) in [6, 6.07) is 42.3. The maximum Gasteiger partial charge on any atom is 0.0541 e. The number of para-hydroxylation sites is 1. The van der Waals surface area contributed by atoms with Gasteiger partial charge in [-0.15, -0.1) is 0 Å². The Kier molecular flexibility index (Phi) is 6.48. The lowest BCUT2D eigenvalue weighted by Crippen LogP contribution is -2.11. The SMILES string of the molecule is CC(C)c1ccc(N(C)c2cccc(-n3c4ccccc4c4cc(C(C)C)ccc43)c2)c(-c2ccccc2)c1. The van der Waals surface area contributed by atoms with Gasteiger partial charge < -0.3 is 9.47 Å². The molecule has 0 fully saturated rings. The lowest BCUT2D eigenvalue weighted by Gasteiger charge is -2.25. The van der Waals surface area contributed by atoms with Crippen molar-refractivity contribution in [3.63, 3.8) is 0 Å². The summed E-state index contributed by atoms with van der Waals surface area (Å²) < 4.78 is 2.41. The van der Waals surface area contributed by atoms with Crippen LogP contribution in [0.5, 0.6) is 0 Å². The van der Waals surface area contributed by atoms with Crippen LogP contribution in [0.25, 0.3) is 38.6 Å². The molecule has 0 atom stereocenters. The summed E-state index contributed by atoms with van der Waals surface area (Å²) in [5, 5.41) is 2.61. The van der Waals surface area contributed by atoms with Gasteiger partial charge in [0.25, 0.3) is 0 Å². The van der Waals surface area contributed by atoms with Crippen molar-refractivity contribution in [3.05, 3.63) is 126 Å². The number of rotatable bonds is 6. The van der Waals surface area contributed by atoms with E-state index in [0.717, 1.165) is 5.69 Å². The number of fused-ring (bicyclic) bond motifs is 3. The van der Waals surface area contributed by atoms with Crippen molar-refractivity contribution >= 4 is 33.2 Å². The summed E-state index contributed by atoms with van der Waals surface area (Å²) in [5.41, 5.74) is 11.2. The number of aromatic nitrogens is 1. The minimum absolute atomic E-state index is 0.474. The molecule has 0 N–H and O–H groups in total. The zero-order valence-electron chi connectivity index (χ0n) is 23.5. The predicted octanol–water partition coefficient (Wildman–Crippen LogP) is 10.5. The van der Waals surface area contributed by atoms with Crippen LogP contribution in [-0.2, 0) is 0 Å². The second-order valence-corrected chi connectivity index (χ2v) is 11.2. The number of nitrogens with zero attached hydrogens (tertiary/aromatic N) is 2. The van der Waals surface area contributed by atoms with E-state index in [-0.39, 0.29) is 0 Å². The number of hydrogen-bond donors (Lipinski definition) is 0. The fourth-order valence-corrected chi connectivity index (χ4v) is 5.66. The summed E-state index contributed by atoms with van der Waals surface area (Å²) in [4.78, 5) is 2.32. The highest BCUT2D eigenvalue weighted by Crippen LogP contribution is 2.38. The van der Waals surface area contributed by atoms with E-state index in [1.165, 1.54) is 55.4 Å². The quantitative estimate of drug-likeness (QED) is 0.217. The topological polar surface area (TPSA) is 8.17 Å². The van der Waals surface area contributed by atoms with E-state index in [9.17, 15) is 0 Å². The van der Waals surface area contributed by atoms with Crippen LogP contribution in [0.2, 0.25) is 0 Å². The molecule has 0 radical (unpaired) electrons. The Balaban J connectivity index is 1.50. The minimum atomic E-state index is 0.474. The largest absolute Gasteiger partial charge is 0.344 e. The third-order valence-electron chi connectivity index (χ3n) is 7.97. The van der Waals surface area contributed by atoms with E-state index in [1.54, 1.807) is 0 Å². The van der Waals surface area contributed by atoms with Gasteiger partial charge in [0.05, 0.1) is 11.0 Å². The molecule has 0 bridgehead atoms. The number of hydrogen-bond acceptors (Lipinski definition) is 1. The van der Waals surface area contributed by atoms with Crippen molar-refractivity contribution in [2.45, 2.75) is 39.5 Å². The Hall–Kier alpha value is -4.30. The standard InChI is InChI=1S/C37H36N2/c1-25(2)28-18-20-35(33(22-28)27-12-7-6-8-13-27)38(5)30-14-11-15-31(24-30)39-36-17-10-9-16-32(36)34-23-29(26(3)4)19-21-37(34)39/h6-26H,1-5H3. The Labute approximate surface area is 232 Å². The summed E-state index contributed by atoms with van der Waals surface area (Å²) >= 11 is 0. The molecule has 0 saturated carbocycles. The fourth-order valence-electron chi connectivity index (χ4n) is 5.66. The lowest BCUT2D eigenvalue weighted by atomic mass is 9.95. The molecule has 1 aromatic heterocycles. The molecule has 39 heavy (non-hydrogen) atoms. The van der Waals surface area contributed by atoms with Crippen LogP contribution in [-0.4, -0.2) is 11.6 Å². The van der Waals surface area contributed by atoms with Gasteiger partial charge in [0.2, 0.25) is 0 Å². The molecule has 5 aromatic carbocycles. The maximum absolute atomic E-state index is 2.41. The van der Waals surface area contributed by atoms with E-state index in [1.807, 2.05) is 0 Å². The Morgan fingerprint density at radius 3 is 2.00 bits per heavy atom. The number of anilines is 2. The molecule has 0 aliphatic rings. The smallest absolute Gasteiger partial charge is 0.0541 e. The Morgan fingerprint density at radius 2 is 1.23 bits per heavy atom. The van der Waals surface area contributed by atoms with Crippen LogP contribution in [0.3, 0.4) is 0 Å². The normalized spacial score (nSPS) is 11.7. The van der Waals surface area contributed by atoms with Gasteiger partial charge in [-0.1, -0.05) is 94.4 Å². The summed E-state index contributed by atoms with van der Waals surface area (Å²) in [7, 11) is 2.18. The van der Waals surface area contributed by atoms with Crippen LogP contribution in [0.4, 0.5) is 11.4 Å². The van der Waals surface area contributed by atoms with Crippen molar-refractivity contribution in [2.75, 3.05) is 11.9 Å². The summed E-state index contributed by atoms with van der Waals surface area (Å²) in [6.45, 7) is 9.04. The molecule has 0 spiro atoms. The van der Waals surface area contributed by atoms with E-state index in [2.05, 4.69) is 159 Å². The molecule has 1 heterocycles. The Bertz CT molecular complexity index is 1770. The molecule has 0 amide bonds. The zero-order valence-corrected chi connectivity index (χ0v) is 23.5. The first-order valence-electron chi connectivity index (χ1n) is 14.0. The zero-order chi connectivity index (χ0) is 27.1. The molecular weight excluding hydrogens is 472 g/mol. The first-order chi connectivity index (χ1) is 18.9. The molecular formula is C37H36N2. The van der Waals surface area contributed by atoms with Crippen LogP contribution < -0.4 is 4.90 Å². The van der Waals surface area contributed by atoms with Gasteiger partial charge >= 0.3 is 0 Å². The number of benzene rings is 5. The molecule has 0 aliphatic carbocycles. The van der Waals surface area contributed by atoms with Gasteiger partial charge in [0.1, 0.15) is 0 Å². The van der Waals surface area contributed by atoms with E-state index in [4.69, 9.17) is 0 Å². The molecule has 0 aliphatic heterocycles. The molecule has 0 saturated heterocycles. The molecule has 6 aromatic rings. The highest BCUT2D eigenvalue weighted by atomic mass is 15.1. The van der Waals surface area contributed by atoms with E-state index < -0.39 is 0 Å². The van der Waals surface area contributed by atoms with E-state index in [0.29, 0.717) is 11.8 Å². The first kappa shape index (κ1) is 25.0. The van der Waals surface area contributed by atoms with Gasteiger partial charge in [-0.25, -0.2) is 0 Å². The van der Waals surface area contributed by atoms with Gasteiger partial charge in [-0.05, 0) is 77.1 Å². The monoisotopic (exact) mass is 508 g/mol. The highest BCUT2D eigenvalue weighted by molar-refractivity contribution is 6.09. The first-order valence-corrected chi connectivity index (χ1v) is 14.0. The predicted molar refractivity (Wildman–Crippen MR) is 169 cm³/mol. The van der Waals surface area contributed by atoms with Gasteiger partial charge in [0.15, 0.2) is 0 Å². The third kappa shape index (κ3) is 4.51. The molecule has 2 heteroatoms. The van der Waals surface area contributed by atoms with Gasteiger partial charge in [0, 0.05) is 40.4 Å². The van der Waals surface area contributed by atoms with Crippen molar-refractivity contribution in [3.8, 4) is 16.8 Å². The molecule has 194 valence electrons. The second-order valence-electron chi connectivity index (χ2n) is 11.2. The lowest BCUT2D eigenvalue weighted by molar-refractivity contribution is 0.867. The van der Waals surface area contributed by atoms with Gasteiger partial charge in [-0.3, -0.25) is 0 Å². The third-order valence-corrected chi connectivity index (χ3v) is 7.97. The molecule has 2 nitrogen and oxygen atoms in total. The van der Waals surface area contributed by atoms with Crippen molar-refractivity contribution in [1.82, 2.24) is 4.57 Å². The van der Waals surface area contributed by atoms with Gasteiger partial charge in [-0.2, -0.15) is 0 Å². The fraction of sp³-hybridized carbons (Fsp3) is 0.189. The Morgan fingerprint density at radius 1 is 0.564 bits per heavy atom. The highest BCUT2D eigenvalue weighted by Gasteiger charge is 2.16. The van der Waals surface area contributed by atoms with Crippen LogP contribution in [0.15, 0.2) is 115 Å². The molecule has 6 rings (SSSR count). The average Bonchev–Trinajstić information content (AvgIpc) is 3.30. The average molecular weight is 509 g/mol. The van der Waals surface area contributed by atoms with Crippen LogP contribution >= 0.6 is 0 Å². The van der Waals surface area contributed by atoms with E-state index >= 15 is 0 Å². The second kappa shape index (κ2) is 10.1.